The number of anilines is 1. The summed E-state index contributed by atoms with van der Waals surface area (Å²) in [5, 5.41) is 12.7. The van der Waals surface area contributed by atoms with E-state index < -0.39 is 5.97 Å². The summed E-state index contributed by atoms with van der Waals surface area (Å²) in [6.07, 6.45) is 3.42. The van der Waals surface area contributed by atoms with Crippen LogP contribution in [0.3, 0.4) is 0 Å². The van der Waals surface area contributed by atoms with Crippen molar-refractivity contribution in [3.05, 3.63) is 47.9 Å². The molecule has 136 valence electrons. The van der Waals surface area contributed by atoms with Gasteiger partial charge in [0.25, 0.3) is 0 Å². The number of nitrogens with one attached hydrogen (secondary N) is 1. The van der Waals surface area contributed by atoms with E-state index in [9.17, 15) is 4.79 Å². The fourth-order valence-corrected chi connectivity index (χ4v) is 3.41. The third-order valence-corrected chi connectivity index (χ3v) is 4.92. The van der Waals surface area contributed by atoms with Gasteiger partial charge in [-0.25, -0.2) is 9.78 Å². The number of aromatic carboxylic acids is 1. The highest BCUT2D eigenvalue weighted by molar-refractivity contribution is 5.87. The number of imidazole rings is 1. The first-order valence-electron chi connectivity index (χ1n) is 8.81. The van der Waals surface area contributed by atoms with Crippen molar-refractivity contribution in [2.45, 2.75) is 25.4 Å². The molecule has 7 nitrogen and oxygen atoms in total. The minimum absolute atomic E-state index is 0.161. The van der Waals surface area contributed by atoms with Gasteiger partial charge >= 0.3 is 5.97 Å². The van der Waals surface area contributed by atoms with Crippen LogP contribution in [0.25, 0.3) is 11.0 Å². The zero-order valence-corrected chi connectivity index (χ0v) is 14.7. The lowest BCUT2D eigenvalue weighted by molar-refractivity contribution is 0.0696. The van der Waals surface area contributed by atoms with Gasteiger partial charge in [0.05, 0.1) is 23.1 Å². The van der Waals surface area contributed by atoms with Gasteiger partial charge in [-0.1, -0.05) is 12.1 Å². The summed E-state index contributed by atoms with van der Waals surface area (Å²) >= 11 is 0. The van der Waals surface area contributed by atoms with E-state index in [4.69, 9.17) is 14.5 Å². The van der Waals surface area contributed by atoms with Gasteiger partial charge in [0.15, 0.2) is 0 Å². The number of rotatable bonds is 5. The van der Waals surface area contributed by atoms with E-state index in [0.29, 0.717) is 18.3 Å². The molecule has 0 aliphatic carbocycles. The molecule has 2 N–H and O–H groups in total. The standard InChI is InChI=1S/C19H22N4O3/c1-22-8-6-14(7-9-22)20-19-21-16-4-2-3-5-17(16)23(19)11-15-10-13(12-26-15)18(24)25/h2-5,10,12,14H,6-9,11H2,1H3,(H,20,21)(H,24,25). The van der Waals surface area contributed by atoms with Gasteiger partial charge in [0.2, 0.25) is 5.95 Å². The summed E-state index contributed by atoms with van der Waals surface area (Å²) < 4.78 is 7.50. The number of hydrogen-bond acceptors (Lipinski definition) is 5. The van der Waals surface area contributed by atoms with Crippen molar-refractivity contribution >= 4 is 23.0 Å². The van der Waals surface area contributed by atoms with E-state index in [1.54, 1.807) is 6.07 Å². The maximum atomic E-state index is 11.1. The highest BCUT2D eigenvalue weighted by Crippen LogP contribution is 2.24. The minimum Gasteiger partial charge on any atom is -0.478 e. The predicted octanol–water partition coefficient (Wildman–Crippen LogP) is 2.88. The Hall–Kier alpha value is -2.80. The largest absolute Gasteiger partial charge is 0.478 e. The summed E-state index contributed by atoms with van der Waals surface area (Å²) in [7, 11) is 2.14. The first-order chi connectivity index (χ1) is 12.6. The average Bonchev–Trinajstić information content (AvgIpc) is 3.23. The van der Waals surface area contributed by atoms with Crippen LogP contribution in [0.15, 0.2) is 41.0 Å². The van der Waals surface area contributed by atoms with E-state index in [1.807, 2.05) is 24.3 Å². The molecule has 3 heterocycles. The average molecular weight is 354 g/mol. The lowest BCUT2D eigenvalue weighted by atomic mass is 10.1. The van der Waals surface area contributed by atoms with E-state index in [1.165, 1.54) is 6.26 Å². The van der Waals surface area contributed by atoms with Gasteiger partial charge in [0, 0.05) is 6.04 Å². The van der Waals surface area contributed by atoms with E-state index >= 15 is 0 Å². The molecule has 4 rings (SSSR count). The molecular formula is C19H22N4O3. The Balaban J connectivity index is 1.63. The molecule has 1 saturated heterocycles. The maximum Gasteiger partial charge on any atom is 0.338 e. The molecule has 1 aliphatic heterocycles. The van der Waals surface area contributed by atoms with Crippen LogP contribution < -0.4 is 5.32 Å². The summed E-state index contributed by atoms with van der Waals surface area (Å²) in [6, 6.07) is 9.89. The van der Waals surface area contributed by atoms with Gasteiger partial charge in [-0.05, 0) is 51.2 Å². The topological polar surface area (TPSA) is 83.5 Å². The number of hydrogen-bond donors (Lipinski definition) is 2. The maximum absolute atomic E-state index is 11.1. The zero-order valence-electron chi connectivity index (χ0n) is 14.7. The van der Waals surface area contributed by atoms with Crippen molar-refractivity contribution in [1.29, 1.82) is 0 Å². The van der Waals surface area contributed by atoms with Gasteiger partial charge < -0.3 is 24.3 Å². The molecule has 3 aromatic rings. The molecule has 26 heavy (non-hydrogen) atoms. The number of furan rings is 1. The van der Waals surface area contributed by atoms with Crippen LogP contribution in [0, 0.1) is 0 Å². The Kier molecular flexibility index (Phi) is 4.38. The van der Waals surface area contributed by atoms with Gasteiger partial charge in [-0.3, -0.25) is 0 Å². The Morgan fingerprint density at radius 3 is 2.85 bits per heavy atom. The molecule has 1 aliphatic rings. The number of carbonyl (C=O) groups is 1. The lowest BCUT2D eigenvalue weighted by Crippen LogP contribution is -2.37. The number of fused-ring (bicyclic) bond motifs is 1. The minimum atomic E-state index is -0.986. The normalized spacial score (nSPS) is 16.2. The summed E-state index contributed by atoms with van der Waals surface area (Å²) in [5.74, 6) is 0.408. The summed E-state index contributed by atoms with van der Waals surface area (Å²) in [4.78, 5) is 18.2. The summed E-state index contributed by atoms with van der Waals surface area (Å²) in [6.45, 7) is 2.57. The number of carboxylic acid groups (broad SMARTS) is 1. The lowest BCUT2D eigenvalue weighted by Gasteiger charge is -2.29. The molecule has 0 atom stereocenters. The number of nitrogens with zero attached hydrogens (tertiary/aromatic N) is 3. The second kappa shape index (κ2) is 6.84. The van der Waals surface area contributed by atoms with Crippen LogP contribution in [0.1, 0.15) is 29.0 Å². The number of aromatic nitrogens is 2. The number of benzene rings is 1. The Morgan fingerprint density at radius 1 is 1.35 bits per heavy atom. The van der Waals surface area contributed by atoms with Crippen molar-refractivity contribution in [3.63, 3.8) is 0 Å². The second-order valence-corrected chi connectivity index (χ2v) is 6.84. The Labute approximate surface area is 151 Å². The van der Waals surface area contributed by atoms with E-state index in [0.717, 1.165) is 42.9 Å². The number of likely N-dealkylation sites (tertiary alicyclic amines) is 1. The smallest absolute Gasteiger partial charge is 0.338 e. The van der Waals surface area contributed by atoms with E-state index in [2.05, 4.69) is 21.8 Å². The summed E-state index contributed by atoms with van der Waals surface area (Å²) in [5.41, 5.74) is 2.07. The van der Waals surface area contributed by atoms with Crippen molar-refractivity contribution in [3.8, 4) is 0 Å². The number of para-hydroxylation sites is 2. The highest BCUT2D eigenvalue weighted by atomic mass is 16.4. The fourth-order valence-electron chi connectivity index (χ4n) is 3.41. The van der Waals surface area contributed by atoms with Crippen LogP contribution in [0.2, 0.25) is 0 Å². The predicted molar refractivity (Wildman–Crippen MR) is 98.6 cm³/mol. The molecule has 1 fully saturated rings. The molecule has 1 aromatic carbocycles. The first kappa shape index (κ1) is 16.7. The molecule has 0 unspecified atom stereocenters. The quantitative estimate of drug-likeness (QED) is 0.733. The SMILES string of the molecule is CN1CCC(Nc2nc3ccccc3n2Cc2cc(C(=O)O)co2)CC1. The van der Waals surface area contributed by atoms with Crippen molar-refractivity contribution in [2.24, 2.45) is 0 Å². The van der Waals surface area contributed by atoms with Crippen LogP contribution in [-0.2, 0) is 6.54 Å². The molecule has 0 saturated carbocycles. The molecule has 0 amide bonds. The molecule has 7 heteroatoms. The van der Waals surface area contributed by atoms with Crippen LogP contribution in [0.5, 0.6) is 0 Å². The van der Waals surface area contributed by atoms with Gasteiger partial charge in [0.1, 0.15) is 12.0 Å². The van der Waals surface area contributed by atoms with Gasteiger partial charge in [-0.15, -0.1) is 0 Å². The molecule has 0 bridgehead atoms. The van der Waals surface area contributed by atoms with Crippen LogP contribution in [-0.4, -0.2) is 51.7 Å². The van der Waals surface area contributed by atoms with Crippen LogP contribution >= 0.6 is 0 Å². The number of piperidine rings is 1. The molecular weight excluding hydrogens is 332 g/mol. The van der Waals surface area contributed by atoms with Crippen molar-refractivity contribution in [2.75, 3.05) is 25.5 Å². The third-order valence-electron chi connectivity index (χ3n) is 4.92. The molecule has 2 aromatic heterocycles. The van der Waals surface area contributed by atoms with Crippen LogP contribution in [0.4, 0.5) is 5.95 Å². The van der Waals surface area contributed by atoms with Crippen molar-refractivity contribution in [1.82, 2.24) is 14.5 Å². The fraction of sp³-hybridized carbons (Fsp3) is 0.368. The highest BCUT2D eigenvalue weighted by Gasteiger charge is 2.20. The van der Waals surface area contributed by atoms with Gasteiger partial charge in [-0.2, -0.15) is 0 Å². The molecule has 0 radical (unpaired) electrons. The van der Waals surface area contributed by atoms with E-state index in [-0.39, 0.29) is 5.56 Å². The Morgan fingerprint density at radius 2 is 2.12 bits per heavy atom. The number of carboxylic acids is 1. The zero-order chi connectivity index (χ0) is 18.1. The molecule has 0 spiro atoms. The Bertz CT molecular complexity index is 922. The van der Waals surface area contributed by atoms with Crippen molar-refractivity contribution < 1.29 is 14.3 Å². The monoisotopic (exact) mass is 354 g/mol. The third kappa shape index (κ3) is 3.30. The first-order valence-corrected chi connectivity index (χ1v) is 8.81. The second-order valence-electron chi connectivity index (χ2n) is 6.84.